The predicted octanol–water partition coefficient (Wildman–Crippen LogP) is 5.55. The Labute approximate surface area is 174 Å². The number of benzene rings is 2. The van der Waals surface area contributed by atoms with Crippen LogP contribution in [0, 0.1) is 17.5 Å². The highest BCUT2D eigenvalue weighted by atomic mass is 19.4. The fourth-order valence-electron chi connectivity index (χ4n) is 3.91. The lowest BCUT2D eigenvalue weighted by Gasteiger charge is -2.20. The number of nitrogens with zero attached hydrogens (tertiary/aromatic N) is 3. The topological polar surface area (TPSA) is 29.0 Å². The first-order chi connectivity index (χ1) is 14.7. The van der Waals surface area contributed by atoms with Gasteiger partial charge in [-0.05, 0) is 55.4 Å². The van der Waals surface area contributed by atoms with Gasteiger partial charge >= 0.3 is 6.18 Å². The fourth-order valence-corrected chi connectivity index (χ4v) is 3.91. The van der Waals surface area contributed by atoms with Crippen LogP contribution >= 0.6 is 0 Å². The van der Waals surface area contributed by atoms with Crippen molar-refractivity contribution in [2.24, 2.45) is 0 Å². The summed E-state index contributed by atoms with van der Waals surface area (Å²) in [5.41, 5.74) is -0.309. The second-order valence-corrected chi connectivity index (χ2v) is 7.52. The SMILES string of the molecule is CN1CCC(c2cccc(F)c2F)c2ccc(-c3ccc(C(F)(F)F)nn3)c(F)c2C1. The minimum atomic E-state index is -4.65. The summed E-state index contributed by atoms with van der Waals surface area (Å²) in [6.45, 7) is 0.723. The van der Waals surface area contributed by atoms with Crippen LogP contribution in [0.4, 0.5) is 26.3 Å². The minimum absolute atomic E-state index is 0.00580. The van der Waals surface area contributed by atoms with Crippen molar-refractivity contribution in [1.29, 1.82) is 0 Å². The number of aromatic nitrogens is 2. The lowest BCUT2D eigenvalue weighted by Crippen LogP contribution is -2.18. The molecule has 1 aliphatic rings. The summed E-state index contributed by atoms with van der Waals surface area (Å²) in [6, 6.07) is 8.70. The lowest BCUT2D eigenvalue weighted by molar-refractivity contribution is -0.141. The van der Waals surface area contributed by atoms with Gasteiger partial charge in [0.05, 0.1) is 5.69 Å². The summed E-state index contributed by atoms with van der Waals surface area (Å²) in [7, 11) is 1.78. The van der Waals surface area contributed by atoms with Gasteiger partial charge in [0.1, 0.15) is 5.82 Å². The number of halogens is 6. The molecular formula is C22H17F6N3. The number of hydrogen-bond acceptors (Lipinski definition) is 3. The highest BCUT2D eigenvalue weighted by molar-refractivity contribution is 5.63. The molecule has 3 aromatic rings. The van der Waals surface area contributed by atoms with E-state index in [9.17, 15) is 22.0 Å². The Balaban J connectivity index is 1.81. The fraction of sp³-hybridized carbons (Fsp3) is 0.273. The zero-order valence-electron chi connectivity index (χ0n) is 16.3. The van der Waals surface area contributed by atoms with Gasteiger partial charge in [0.2, 0.25) is 0 Å². The molecule has 0 aliphatic carbocycles. The van der Waals surface area contributed by atoms with Gasteiger partial charge in [0.25, 0.3) is 0 Å². The molecule has 1 atom stereocenters. The molecule has 0 saturated carbocycles. The standard InChI is InChI=1S/C22H17F6N3/c1-31-10-9-13(14-3-2-4-17(23)21(14)25)12-5-6-15(20(24)16(12)11-31)18-7-8-19(30-29-18)22(26,27)28/h2-8,13H,9-11H2,1H3. The van der Waals surface area contributed by atoms with Gasteiger partial charge < -0.3 is 4.90 Å². The molecular weight excluding hydrogens is 420 g/mol. The van der Waals surface area contributed by atoms with Gasteiger partial charge in [0.15, 0.2) is 17.3 Å². The summed E-state index contributed by atoms with van der Waals surface area (Å²) >= 11 is 0. The van der Waals surface area contributed by atoms with Gasteiger partial charge in [-0.2, -0.15) is 13.2 Å². The highest BCUT2D eigenvalue weighted by Gasteiger charge is 2.33. The van der Waals surface area contributed by atoms with Crippen LogP contribution in [0.25, 0.3) is 11.3 Å². The summed E-state index contributed by atoms with van der Waals surface area (Å²) in [5, 5.41) is 6.69. The molecule has 1 unspecified atom stereocenters. The van der Waals surface area contributed by atoms with Crippen LogP contribution in [0.1, 0.15) is 34.7 Å². The summed E-state index contributed by atoms with van der Waals surface area (Å²) in [4.78, 5) is 1.85. The van der Waals surface area contributed by atoms with Crippen LogP contribution < -0.4 is 0 Å². The van der Waals surface area contributed by atoms with Crippen molar-refractivity contribution >= 4 is 0 Å². The molecule has 2 heterocycles. The van der Waals surface area contributed by atoms with Crippen molar-refractivity contribution in [3.05, 3.63) is 82.3 Å². The monoisotopic (exact) mass is 437 g/mol. The second kappa shape index (κ2) is 7.96. The van der Waals surface area contributed by atoms with E-state index < -0.39 is 35.2 Å². The van der Waals surface area contributed by atoms with Crippen molar-refractivity contribution in [1.82, 2.24) is 15.1 Å². The lowest BCUT2D eigenvalue weighted by atomic mass is 9.85. The average molecular weight is 437 g/mol. The van der Waals surface area contributed by atoms with E-state index in [1.165, 1.54) is 18.2 Å². The third-order valence-electron chi connectivity index (χ3n) is 5.47. The number of alkyl halides is 3. The van der Waals surface area contributed by atoms with Crippen molar-refractivity contribution in [3.8, 4) is 11.3 Å². The van der Waals surface area contributed by atoms with Crippen LogP contribution in [-0.2, 0) is 12.7 Å². The van der Waals surface area contributed by atoms with Crippen LogP contribution in [0.5, 0.6) is 0 Å². The first-order valence-corrected chi connectivity index (χ1v) is 9.52. The van der Waals surface area contributed by atoms with Crippen molar-refractivity contribution in [2.45, 2.75) is 25.1 Å². The molecule has 0 spiro atoms. The van der Waals surface area contributed by atoms with Crippen molar-refractivity contribution < 1.29 is 26.3 Å². The molecule has 4 rings (SSSR count). The van der Waals surface area contributed by atoms with Crippen LogP contribution in [0.2, 0.25) is 0 Å². The summed E-state index contributed by atoms with van der Waals surface area (Å²) < 4.78 is 82.0. The average Bonchev–Trinajstić information content (AvgIpc) is 2.89. The van der Waals surface area contributed by atoms with E-state index >= 15 is 4.39 Å². The maximum absolute atomic E-state index is 15.5. The third-order valence-corrected chi connectivity index (χ3v) is 5.47. The highest BCUT2D eigenvalue weighted by Crippen LogP contribution is 2.39. The maximum Gasteiger partial charge on any atom is 0.435 e. The number of fused-ring (bicyclic) bond motifs is 1. The molecule has 1 aliphatic heterocycles. The molecule has 0 N–H and O–H groups in total. The van der Waals surface area contributed by atoms with E-state index in [2.05, 4.69) is 10.2 Å². The summed E-state index contributed by atoms with van der Waals surface area (Å²) in [6.07, 6.45) is -4.20. The molecule has 3 nitrogen and oxygen atoms in total. The molecule has 162 valence electrons. The third kappa shape index (κ3) is 4.01. The van der Waals surface area contributed by atoms with Gasteiger partial charge in [-0.3, -0.25) is 0 Å². The van der Waals surface area contributed by atoms with Gasteiger partial charge in [-0.1, -0.05) is 18.2 Å². The molecule has 0 amide bonds. The molecule has 0 saturated heterocycles. The first kappa shape index (κ1) is 21.3. The van der Waals surface area contributed by atoms with Crippen LogP contribution in [0.3, 0.4) is 0 Å². The Bertz CT molecular complexity index is 1110. The molecule has 1 aromatic heterocycles. The smallest absolute Gasteiger partial charge is 0.302 e. The normalized spacial score (nSPS) is 17.3. The predicted molar refractivity (Wildman–Crippen MR) is 102 cm³/mol. The minimum Gasteiger partial charge on any atom is -0.302 e. The van der Waals surface area contributed by atoms with Crippen molar-refractivity contribution in [3.63, 3.8) is 0 Å². The Hall–Kier alpha value is -2.94. The van der Waals surface area contributed by atoms with Gasteiger partial charge in [-0.25, -0.2) is 13.2 Å². The van der Waals surface area contributed by atoms with E-state index in [0.29, 0.717) is 18.5 Å². The van der Waals surface area contributed by atoms with Crippen molar-refractivity contribution in [2.75, 3.05) is 13.6 Å². The van der Waals surface area contributed by atoms with Gasteiger partial charge in [0, 0.05) is 23.6 Å². The Morgan fingerprint density at radius 3 is 2.35 bits per heavy atom. The van der Waals surface area contributed by atoms with E-state index in [1.807, 2.05) is 4.90 Å². The Kier molecular flexibility index (Phi) is 5.47. The number of rotatable bonds is 2. The molecule has 2 aromatic carbocycles. The second-order valence-electron chi connectivity index (χ2n) is 7.52. The Morgan fingerprint density at radius 2 is 1.68 bits per heavy atom. The van der Waals surface area contributed by atoms with Crippen LogP contribution in [-0.4, -0.2) is 28.7 Å². The van der Waals surface area contributed by atoms with Crippen LogP contribution in [0.15, 0.2) is 42.5 Å². The Morgan fingerprint density at radius 1 is 0.903 bits per heavy atom. The molecule has 9 heteroatoms. The first-order valence-electron chi connectivity index (χ1n) is 9.52. The largest absolute Gasteiger partial charge is 0.435 e. The zero-order chi connectivity index (χ0) is 22.3. The molecule has 31 heavy (non-hydrogen) atoms. The maximum atomic E-state index is 15.5. The van der Waals surface area contributed by atoms with E-state index in [4.69, 9.17) is 0 Å². The zero-order valence-corrected chi connectivity index (χ0v) is 16.3. The molecule has 0 radical (unpaired) electrons. The van der Waals surface area contributed by atoms with E-state index in [0.717, 1.165) is 18.2 Å². The number of hydrogen-bond donors (Lipinski definition) is 0. The quantitative estimate of drug-likeness (QED) is 0.493. The van der Waals surface area contributed by atoms with E-state index in [-0.39, 0.29) is 28.9 Å². The van der Waals surface area contributed by atoms with E-state index in [1.54, 1.807) is 13.1 Å². The summed E-state index contributed by atoms with van der Waals surface area (Å²) in [5.74, 6) is -3.19. The van der Waals surface area contributed by atoms with Gasteiger partial charge in [-0.15, -0.1) is 10.2 Å². The molecule has 0 fully saturated rings. The molecule has 0 bridgehead atoms.